The Bertz CT molecular complexity index is 919. The molecule has 0 radical (unpaired) electrons. The molecule has 0 spiro atoms. The average Bonchev–Trinajstić information content (AvgIpc) is 2.65. The Morgan fingerprint density at radius 3 is 2.45 bits per heavy atom. The molecule has 2 N–H and O–H groups in total. The van der Waals surface area contributed by atoms with Crippen LogP contribution < -0.4 is 14.8 Å². The summed E-state index contributed by atoms with van der Waals surface area (Å²) in [5.74, 6) is -1.80. The van der Waals surface area contributed by atoms with E-state index < -0.39 is 40.4 Å². The number of hydrogen-bond acceptors (Lipinski definition) is 3. The van der Waals surface area contributed by atoms with E-state index in [0.29, 0.717) is 11.1 Å². The van der Waals surface area contributed by atoms with Crippen molar-refractivity contribution in [3.05, 3.63) is 58.9 Å². The van der Waals surface area contributed by atoms with Crippen LogP contribution in [0.15, 0.2) is 36.4 Å². The molecule has 0 aliphatic carbocycles. The Labute approximate surface area is 168 Å². The maximum atomic E-state index is 14.1. The van der Waals surface area contributed by atoms with Gasteiger partial charge in [-0.1, -0.05) is 12.1 Å². The summed E-state index contributed by atoms with van der Waals surface area (Å²) in [6, 6.07) is 7.08. The number of halogens is 4. The third kappa shape index (κ3) is 5.93. The van der Waals surface area contributed by atoms with Crippen molar-refractivity contribution in [2.24, 2.45) is 0 Å². The van der Waals surface area contributed by atoms with E-state index in [4.69, 9.17) is 4.74 Å². The lowest BCUT2D eigenvalue weighted by molar-refractivity contribution is -0.137. The molecule has 0 fully saturated rings. The van der Waals surface area contributed by atoms with Crippen LogP contribution >= 0.6 is 0 Å². The number of alkyl halides is 3. The summed E-state index contributed by atoms with van der Waals surface area (Å²) in [7, 11) is -0.198. The highest BCUT2D eigenvalue weighted by Gasteiger charge is 2.31. The normalized spacial score (nSPS) is 13.5. The van der Waals surface area contributed by atoms with Gasteiger partial charge in [0, 0.05) is 18.4 Å². The molecule has 29 heavy (non-hydrogen) atoms. The van der Waals surface area contributed by atoms with Crippen molar-refractivity contribution >= 4 is 22.6 Å². The van der Waals surface area contributed by atoms with Crippen LogP contribution in [0.4, 0.5) is 23.2 Å². The summed E-state index contributed by atoms with van der Waals surface area (Å²) >= 11 is 0. The van der Waals surface area contributed by atoms with Gasteiger partial charge in [0.2, 0.25) is 5.91 Å². The molecule has 158 valence electrons. The predicted octanol–water partition coefficient (Wildman–Crippen LogP) is 3.98. The highest BCUT2D eigenvalue weighted by atomic mass is 32.2. The first kappa shape index (κ1) is 22.7. The first-order valence-corrected chi connectivity index (χ1v) is 10.00. The number of benzene rings is 2. The molecule has 0 saturated heterocycles. The van der Waals surface area contributed by atoms with Crippen LogP contribution in [0, 0.1) is 5.82 Å². The van der Waals surface area contributed by atoms with Gasteiger partial charge in [0.1, 0.15) is 22.6 Å². The van der Waals surface area contributed by atoms with E-state index in [1.54, 1.807) is 6.92 Å². The van der Waals surface area contributed by atoms with Crippen LogP contribution in [-0.2, 0) is 28.5 Å². The first-order chi connectivity index (χ1) is 13.5. The smallest absolute Gasteiger partial charge is 0.416 e. The van der Waals surface area contributed by atoms with Gasteiger partial charge in [-0.2, -0.15) is 13.2 Å². The van der Waals surface area contributed by atoms with Gasteiger partial charge in [0.15, 0.2) is 0 Å². The van der Waals surface area contributed by atoms with Crippen LogP contribution in [0.5, 0.6) is 5.75 Å². The summed E-state index contributed by atoms with van der Waals surface area (Å²) in [5.41, 5.74) is -0.0318. The van der Waals surface area contributed by atoms with Crippen molar-refractivity contribution in [3.8, 4) is 5.75 Å². The fourth-order valence-corrected chi connectivity index (χ4v) is 3.07. The van der Waals surface area contributed by atoms with E-state index in [0.717, 1.165) is 18.2 Å². The maximum absolute atomic E-state index is 14.1. The third-order valence-corrected chi connectivity index (χ3v) is 4.71. The molecule has 5 nitrogen and oxygen atoms in total. The molecule has 2 aromatic carbocycles. The lowest BCUT2D eigenvalue weighted by Crippen LogP contribution is -2.27. The zero-order valence-corrected chi connectivity index (χ0v) is 16.7. The molecule has 0 bridgehead atoms. The Hall–Kier alpha value is -2.62. The topological polar surface area (TPSA) is 67.4 Å². The zero-order chi connectivity index (χ0) is 21.8. The van der Waals surface area contributed by atoms with Gasteiger partial charge in [0.05, 0.1) is 24.3 Å². The Kier molecular flexibility index (Phi) is 7.23. The SMILES string of the molecule is COc1cc(C(F)(F)F)ccc1CNC(=O)C(C)c1ccc(NS(C)=O)c(F)c1. The monoisotopic (exact) mass is 432 g/mol. The van der Waals surface area contributed by atoms with E-state index in [1.165, 1.54) is 31.6 Å². The van der Waals surface area contributed by atoms with Crippen molar-refractivity contribution in [1.82, 2.24) is 5.32 Å². The van der Waals surface area contributed by atoms with Gasteiger partial charge in [-0.25, -0.2) is 8.60 Å². The Balaban J connectivity index is 2.09. The summed E-state index contributed by atoms with van der Waals surface area (Å²) < 4.78 is 71.0. The third-order valence-electron chi connectivity index (χ3n) is 4.21. The second kappa shape index (κ2) is 9.25. The molecular weight excluding hydrogens is 412 g/mol. The van der Waals surface area contributed by atoms with E-state index in [2.05, 4.69) is 10.0 Å². The van der Waals surface area contributed by atoms with Gasteiger partial charge in [-0.05, 0) is 36.8 Å². The molecule has 2 atom stereocenters. The van der Waals surface area contributed by atoms with Crippen LogP contribution in [0.25, 0.3) is 0 Å². The standard InChI is InChI=1S/C19H20F4N2O3S/c1-11(12-5-7-16(15(20)8-12)25-29(3)27)18(26)24-10-13-4-6-14(19(21,22)23)9-17(13)28-2/h4-9,11,25H,10H2,1-3H3,(H,24,26). The van der Waals surface area contributed by atoms with Crippen molar-refractivity contribution in [1.29, 1.82) is 0 Å². The molecule has 1 amide bonds. The highest BCUT2D eigenvalue weighted by molar-refractivity contribution is 7.85. The fraction of sp³-hybridized carbons (Fsp3) is 0.316. The van der Waals surface area contributed by atoms with E-state index >= 15 is 0 Å². The van der Waals surface area contributed by atoms with Crippen LogP contribution in [0.3, 0.4) is 0 Å². The lowest BCUT2D eigenvalue weighted by atomic mass is 9.99. The second-order valence-corrected chi connectivity index (χ2v) is 7.37. The molecule has 0 saturated carbocycles. The van der Waals surface area contributed by atoms with Crippen molar-refractivity contribution in [2.45, 2.75) is 25.6 Å². The summed E-state index contributed by atoms with van der Waals surface area (Å²) in [5, 5.41) is 2.61. The number of nitrogens with one attached hydrogen (secondary N) is 2. The lowest BCUT2D eigenvalue weighted by Gasteiger charge is -2.16. The zero-order valence-electron chi connectivity index (χ0n) is 15.9. The predicted molar refractivity (Wildman–Crippen MR) is 102 cm³/mol. The quantitative estimate of drug-likeness (QED) is 0.651. The Morgan fingerprint density at radius 2 is 1.90 bits per heavy atom. The van der Waals surface area contributed by atoms with Crippen molar-refractivity contribution in [3.63, 3.8) is 0 Å². The number of anilines is 1. The van der Waals surface area contributed by atoms with Gasteiger partial charge in [0.25, 0.3) is 0 Å². The number of carbonyl (C=O) groups excluding carboxylic acids is 1. The van der Waals surface area contributed by atoms with Gasteiger partial charge >= 0.3 is 6.18 Å². The van der Waals surface area contributed by atoms with Crippen molar-refractivity contribution < 1.29 is 31.3 Å². The van der Waals surface area contributed by atoms with Crippen molar-refractivity contribution in [2.75, 3.05) is 18.1 Å². The van der Waals surface area contributed by atoms with E-state index in [1.807, 2.05) is 0 Å². The largest absolute Gasteiger partial charge is 0.496 e. The molecule has 0 heterocycles. The van der Waals surface area contributed by atoms with Gasteiger partial charge < -0.3 is 14.8 Å². The van der Waals surface area contributed by atoms with E-state index in [-0.39, 0.29) is 18.0 Å². The van der Waals surface area contributed by atoms with Crippen LogP contribution in [0.2, 0.25) is 0 Å². The number of amides is 1. The minimum Gasteiger partial charge on any atom is -0.496 e. The van der Waals surface area contributed by atoms with Crippen LogP contribution in [-0.4, -0.2) is 23.5 Å². The molecule has 2 unspecified atom stereocenters. The fourth-order valence-electron chi connectivity index (χ4n) is 2.59. The Morgan fingerprint density at radius 1 is 1.21 bits per heavy atom. The molecule has 2 aromatic rings. The molecule has 0 aromatic heterocycles. The molecule has 2 rings (SSSR count). The summed E-state index contributed by atoms with van der Waals surface area (Å²) in [6.45, 7) is 1.51. The maximum Gasteiger partial charge on any atom is 0.416 e. The number of carbonyl (C=O) groups is 1. The summed E-state index contributed by atoms with van der Waals surface area (Å²) in [4.78, 5) is 12.4. The minimum atomic E-state index is -4.50. The number of ether oxygens (including phenoxy) is 1. The minimum absolute atomic E-state index is 0.00168. The average molecular weight is 432 g/mol. The first-order valence-electron chi connectivity index (χ1n) is 8.44. The molecular formula is C19H20F4N2O3S. The van der Waals surface area contributed by atoms with E-state index in [9.17, 15) is 26.6 Å². The molecule has 10 heteroatoms. The number of hydrogen-bond donors (Lipinski definition) is 2. The van der Waals surface area contributed by atoms with Gasteiger partial charge in [-0.3, -0.25) is 4.79 Å². The molecule has 0 aliphatic rings. The summed E-state index contributed by atoms with van der Waals surface area (Å²) in [6.07, 6.45) is -3.14. The van der Waals surface area contributed by atoms with Gasteiger partial charge in [-0.15, -0.1) is 0 Å². The number of methoxy groups -OCH3 is 1. The second-order valence-electron chi connectivity index (χ2n) is 6.26. The highest BCUT2D eigenvalue weighted by Crippen LogP contribution is 2.33. The number of rotatable bonds is 7. The van der Waals surface area contributed by atoms with Crippen LogP contribution in [0.1, 0.15) is 29.5 Å². The molecule has 0 aliphatic heterocycles.